The Morgan fingerprint density at radius 1 is 1.56 bits per heavy atom. The summed E-state index contributed by atoms with van der Waals surface area (Å²) in [5, 5.41) is 2.58. The van der Waals surface area contributed by atoms with Crippen molar-refractivity contribution in [3.63, 3.8) is 0 Å². The lowest BCUT2D eigenvalue weighted by Gasteiger charge is -2.31. The van der Waals surface area contributed by atoms with Gasteiger partial charge in [0, 0.05) is 13.1 Å². The SMILES string of the molecule is CCOC(=O)CCS(=O)(=O)N1CCNC(=O)C1C. The van der Waals surface area contributed by atoms with E-state index in [9.17, 15) is 18.0 Å². The minimum Gasteiger partial charge on any atom is -0.466 e. The van der Waals surface area contributed by atoms with Gasteiger partial charge in [-0.3, -0.25) is 9.59 Å². The first-order valence-corrected chi connectivity index (χ1v) is 7.42. The second kappa shape index (κ2) is 6.14. The molecule has 1 saturated heterocycles. The van der Waals surface area contributed by atoms with Gasteiger partial charge in [-0.05, 0) is 13.8 Å². The molecule has 7 nitrogen and oxygen atoms in total. The van der Waals surface area contributed by atoms with Gasteiger partial charge in [-0.2, -0.15) is 4.31 Å². The van der Waals surface area contributed by atoms with Crippen LogP contribution in [0, 0.1) is 0 Å². The molecule has 0 aromatic rings. The first-order valence-electron chi connectivity index (χ1n) is 5.81. The third-order valence-corrected chi connectivity index (χ3v) is 4.60. The number of hydrogen-bond donors (Lipinski definition) is 1. The average molecular weight is 278 g/mol. The third kappa shape index (κ3) is 3.67. The van der Waals surface area contributed by atoms with Crippen LogP contribution in [0.2, 0.25) is 0 Å². The molecule has 0 saturated carbocycles. The van der Waals surface area contributed by atoms with Crippen molar-refractivity contribution in [2.75, 3.05) is 25.4 Å². The van der Waals surface area contributed by atoms with Crippen molar-refractivity contribution >= 4 is 21.9 Å². The van der Waals surface area contributed by atoms with Crippen LogP contribution in [-0.2, 0) is 24.3 Å². The largest absolute Gasteiger partial charge is 0.466 e. The van der Waals surface area contributed by atoms with Gasteiger partial charge in [0.25, 0.3) is 0 Å². The van der Waals surface area contributed by atoms with Gasteiger partial charge in [-0.1, -0.05) is 0 Å². The standard InChI is InChI=1S/C10H18N2O5S/c1-3-17-9(13)4-7-18(15,16)12-6-5-11-10(14)8(12)2/h8H,3-7H2,1-2H3,(H,11,14). The van der Waals surface area contributed by atoms with Crippen LogP contribution in [0.15, 0.2) is 0 Å². The monoisotopic (exact) mass is 278 g/mol. The van der Waals surface area contributed by atoms with E-state index in [2.05, 4.69) is 10.1 Å². The van der Waals surface area contributed by atoms with Gasteiger partial charge in [-0.25, -0.2) is 8.42 Å². The summed E-state index contributed by atoms with van der Waals surface area (Å²) in [6, 6.07) is -0.731. The Labute approximate surface area is 107 Å². The number of hydrogen-bond acceptors (Lipinski definition) is 5. The predicted octanol–water partition coefficient (Wildman–Crippen LogP) is -0.910. The molecular weight excluding hydrogens is 260 g/mol. The van der Waals surface area contributed by atoms with Crippen LogP contribution in [0.4, 0.5) is 0 Å². The molecule has 0 aromatic carbocycles. The molecule has 0 bridgehead atoms. The Kier molecular flexibility index (Phi) is 5.09. The molecule has 1 unspecified atom stereocenters. The summed E-state index contributed by atoms with van der Waals surface area (Å²) in [4.78, 5) is 22.5. The van der Waals surface area contributed by atoms with Crippen LogP contribution >= 0.6 is 0 Å². The maximum atomic E-state index is 12.0. The number of ether oxygens (including phenoxy) is 1. The summed E-state index contributed by atoms with van der Waals surface area (Å²) in [5.74, 6) is -1.19. The Balaban J connectivity index is 2.62. The van der Waals surface area contributed by atoms with Crippen LogP contribution in [0.25, 0.3) is 0 Å². The Hall–Kier alpha value is -1.15. The highest BCUT2D eigenvalue weighted by atomic mass is 32.2. The van der Waals surface area contributed by atoms with Crippen molar-refractivity contribution in [2.45, 2.75) is 26.3 Å². The number of sulfonamides is 1. The molecule has 1 aliphatic rings. The summed E-state index contributed by atoms with van der Waals surface area (Å²) < 4.78 is 29.8. The molecule has 0 aromatic heterocycles. The summed E-state index contributed by atoms with van der Waals surface area (Å²) in [5.41, 5.74) is 0. The van der Waals surface area contributed by atoms with Gasteiger partial charge in [-0.15, -0.1) is 0 Å². The summed E-state index contributed by atoms with van der Waals surface area (Å²) in [7, 11) is -3.61. The smallest absolute Gasteiger partial charge is 0.306 e. The fraction of sp³-hybridized carbons (Fsp3) is 0.800. The number of nitrogens with zero attached hydrogens (tertiary/aromatic N) is 1. The number of amides is 1. The van der Waals surface area contributed by atoms with E-state index < -0.39 is 22.0 Å². The van der Waals surface area contributed by atoms with E-state index in [0.717, 1.165) is 4.31 Å². The lowest BCUT2D eigenvalue weighted by atomic mass is 10.2. The van der Waals surface area contributed by atoms with Crippen molar-refractivity contribution in [3.8, 4) is 0 Å². The number of nitrogens with one attached hydrogen (secondary N) is 1. The predicted molar refractivity (Wildman–Crippen MR) is 64.2 cm³/mol. The number of piperazine rings is 1. The van der Waals surface area contributed by atoms with Crippen molar-refractivity contribution < 1.29 is 22.7 Å². The quantitative estimate of drug-likeness (QED) is 0.657. The van der Waals surface area contributed by atoms with Crippen LogP contribution < -0.4 is 5.32 Å². The lowest BCUT2D eigenvalue weighted by Crippen LogP contribution is -2.56. The molecule has 1 aliphatic heterocycles. The van der Waals surface area contributed by atoms with Crippen molar-refractivity contribution in [2.24, 2.45) is 0 Å². The highest BCUT2D eigenvalue weighted by Gasteiger charge is 2.34. The van der Waals surface area contributed by atoms with Gasteiger partial charge in [0.05, 0.1) is 18.8 Å². The van der Waals surface area contributed by atoms with Crippen LogP contribution in [0.1, 0.15) is 20.3 Å². The second-order valence-corrected chi connectivity index (χ2v) is 5.99. The fourth-order valence-electron chi connectivity index (χ4n) is 1.70. The van der Waals surface area contributed by atoms with Crippen LogP contribution in [-0.4, -0.2) is 56.1 Å². The Morgan fingerprint density at radius 3 is 2.83 bits per heavy atom. The molecule has 1 N–H and O–H groups in total. The van der Waals surface area contributed by atoms with Gasteiger partial charge in [0.1, 0.15) is 6.04 Å². The van der Waals surface area contributed by atoms with E-state index in [1.807, 2.05) is 0 Å². The molecule has 0 aliphatic carbocycles. The van der Waals surface area contributed by atoms with E-state index in [0.29, 0.717) is 6.54 Å². The summed E-state index contributed by atoms with van der Waals surface area (Å²) in [6.45, 7) is 3.93. The molecule has 1 fully saturated rings. The zero-order valence-electron chi connectivity index (χ0n) is 10.5. The first-order chi connectivity index (χ1) is 8.38. The molecule has 8 heteroatoms. The number of carbonyl (C=O) groups is 2. The van der Waals surface area contributed by atoms with E-state index in [1.54, 1.807) is 6.92 Å². The van der Waals surface area contributed by atoms with Crippen molar-refractivity contribution in [3.05, 3.63) is 0 Å². The molecule has 0 spiro atoms. The Bertz CT molecular complexity index is 420. The van der Waals surface area contributed by atoms with E-state index in [1.165, 1.54) is 6.92 Å². The van der Waals surface area contributed by atoms with Crippen molar-refractivity contribution in [1.29, 1.82) is 0 Å². The summed E-state index contributed by atoms with van der Waals surface area (Å²) in [6.07, 6.45) is -0.193. The third-order valence-electron chi connectivity index (χ3n) is 2.67. The van der Waals surface area contributed by atoms with Crippen LogP contribution in [0.5, 0.6) is 0 Å². The average Bonchev–Trinajstić information content (AvgIpc) is 2.30. The topological polar surface area (TPSA) is 92.8 Å². The molecular formula is C10H18N2O5S. The van der Waals surface area contributed by atoms with E-state index in [4.69, 9.17) is 0 Å². The van der Waals surface area contributed by atoms with Gasteiger partial charge in [0.15, 0.2) is 0 Å². The fourth-order valence-corrected chi connectivity index (χ4v) is 3.31. The number of carbonyl (C=O) groups excluding carboxylic acids is 2. The molecule has 0 radical (unpaired) electrons. The van der Waals surface area contributed by atoms with Crippen molar-refractivity contribution in [1.82, 2.24) is 9.62 Å². The maximum Gasteiger partial charge on any atom is 0.306 e. The second-order valence-electron chi connectivity index (χ2n) is 3.95. The zero-order chi connectivity index (χ0) is 13.8. The van der Waals surface area contributed by atoms with Crippen LogP contribution in [0.3, 0.4) is 0 Å². The molecule has 1 rings (SSSR count). The van der Waals surface area contributed by atoms with Gasteiger partial charge >= 0.3 is 5.97 Å². The van der Waals surface area contributed by atoms with E-state index >= 15 is 0 Å². The van der Waals surface area contributed by atoms with Gasteiger partial charge < -0.3 is 10.1 Å². The summed E-state index contributed by atoms with van der Waals surface area (Å²) >= 11 is 0. The molecule has 1 heterocycles. The highest BCUT2D eigenvalue weighted by molar-refractivity contribution is 7.89. The zero-order valence-corrected chi connectivity index (χ0v) is 11.3. The maximum absolute atomic E-state index is 12.0. The normalized spacial score (nSPS) is 21.4. The molecule has 1 amide bonds. The molecule has 1 atom stereocenters. The first kappa shape index (κ1) is 14.9. The lowest BCUT2D eigenvalue weighted by molar-refractivity contribution is -0.142. The minimum absolute atomic E-state index is 0.193. The Morgan fingerprint density at radius 2 is 2.22 bits per heavy atom. The molecule has 18 heavy (non-hydrogen) atoms. The van der Waals surface area contributed by atoms with Gasteiger partial charge in [0.2, 0.25) is 15.9 Å². The highest BCUT2D eigenvalue weighted by Crippen LogP contribution is 2.12. The minimum atomic E-state index is -3.61. The number of rotatable bonds is 5. The molecule has 104 valence electrons. The number of esters is 1. The van der Waals surface area contributed by atoms with E-state index in [-0.39, 0.29) is 31.2 Å².